The number of nitrogens with one attached hydrogen (secondary N) is 1. The molecule has 0 saturated heterocycles. The van der Waals surface area contributed by atoms with Crippen LogP contribution in [0.2, 0.25) is 5.02 Å². The number of benzene rings is 2. The van der Waals surface area contributed by atoms with Crippen molar-refractivity contribution in [3.63, 3.8) is 0 Å². The van der Waals surface area contributed by atoms with Crippen molar-refractivity contribution in [2.24, 2.45) is 0 Å². The number of hydrogen-bond donors (Lipinski definition) is 1. The first-order valence-corrected chi connectivity index (χ1v) is 8.63. The molecule has 0 aliphatic rings. The topological polar surface area (TPSA) is 88.4 Å². The zero-order valence-electron chi connectivity index (χ0n) is 15.2. The van der Waals surface area contributed by atoms with Crippen LogP contribution in [-0.2, 0) is 14.3 Å². The van der Waals surface area contributed by atoms with Crippen LogP contribution in [0.25, 0.3) is 0 Å². The zero-order chi connectivity index (χ0) is 20.0. The van der Waals surface area contributed by atoms with Crippen molar-refractivity contribution >= 4 is 29.2 Å². The number of halogens is 1. The van der Waals surface area contributed by atoms with Crippen molar-refractivity contribution in [3.05, 3.63) is 58.6 Å². The summed E-state index contributed by atoms with van der Waals surface area (Å²) in [6.45, 7) is 4.77. The molecule has 0 unspecified atom stereocenters. The van der Waals surface area contributed by atoms with Crippen molar-refractivity contribution in [1.82, 2.24) is 0 Å². The molecule has 2 aromatic rings. The van der Waals surface area contributed by atoms with Gasteiger partial charge in [0.25, 0.3) is 5.91 Å². The van der Waals surface area contributed by atoms with E-state index in [-0.39, 0.29) is 0 Å². The van der Waals surface area contributed by atoms with Crippen LogP contribution in [0.15, 0.2) is 42.5 Å². The lowest BCUT2D eigenvalue weighted by Crippen LogP contribution is -2.35. The van der Waals surface area contributed by atoms with E-state index < -0.39 is 24.1 Å². The second-order valence-electron chi connectivity index (χ2n) is 5.88. The molecule has 0 radical (unpaired) electrons. The molecule has 0 aliphatic carbocycles. The summed E-state index contributed by atoms with van der Waals surface area (Å²) in [5, 5.41) is 12.0. The SMILES string of the molecule is Cc1c(Cl)cccc1NC(=O)[C@@H](C)OC(=O)[C@H](C)Oc1ccc(C#N)cc1. The highest BCUT2D eigenvalue weighted by atomic mass is 35.5. The molecule has 0 fully saturated rings. The third kappa shape index (κ3) is 5.47. The number of hydrogen-bond acceptors (Lipinski definition) is 5. The van der Waals surface area contributed by atoms with Crippen molar-refractivity contribution in [2.45, 2.75) is 33.0 Å². The lowest BCUT2D eigenvalue weighted by molar-refractivity contribution is -0.159. The summed E-state index contributed by atoms with van der Waals surface area (Å²) < 4.78 is 10.6. The van der Waals surface area contributed by atoms with Gasteiger partial charge in [0.15, 0.2) is 12.2 Å². The average Bonchev–Trinajstić information content (AvgIpc) is 2.65. The maximum absolute atomic E-state index is 12.3. The highest BCUT2D eigenvalue weighted by Gasteiger charge is 2.23. The highest BCUT2D eigenvalue weighted by molar-refractivity contribution is 6.31. The van der Waals surface area contributed by atoms with Gasteiger partial charge in [-0.1, -0.05) is 17.7 Å². The Hall–Kier alpha value is -3.04. The maximum Gasteiger partial charge on any atom is 0.347 e. The van der Waals surface area contributed by atoms with E-state index in [1.54, 1.807) is 49.4 Å². The van der Waals surface area contributed by atoms with E-state index >= 15 is 0 Å². The summed E-state index contributed by atoms with van der Waals surface area (Å²) in [6.07, 6.45) is -1.93. The Morgan fingerprint density at radius 1 is 1.11 bits per heavy atom. The van der Waals surface area contributed by atoms with E-state index in [9.17, 15) is 9.59 Å². The predicted molar refractivity (Wildman–Crippen MR) is 102 cm³/mol. The molecule has 6 nitrogen and oxygen atoms in total. The first-order valence-electron chi connectivity index (χ1n) is 8.25. The van der Waals surface area contributed by atoms with Crippen LogP contribution in [-0.4, -0.2) is 24.1 Å². The molecule has 1 amide bonds. The summed E-state index contributed by atoms with van der Waals surface area (Å²) in [5.74, 6) is -0.728. The molecule has 2 aromatic carbocycles. The second kappa shape index (κ2) is 9.06. The first-order chi connectivity index (χ1) is 12.8. The van der Waals surface area contributed by atoms with Crippen LogP contribution in [0, 0.1) is 18.3 Å². The normalized spacial score (nSPS) is 12.4. The summed E-state index contributed by atoms with van der Waals surface area (Å²) in [6, 6.07) is 13.5. The Balaban J connectivity index is 1.92. The van der Waals surface area contributed by atoms with Gasteiger partial charge < -0.3 is 14.8 Å². The minimum Gasteiger partial charge on any atom is -0.479 e. The Morgan fingerprint density at radius 3 is 2.41 bits per heavy atom. The lowest BCUT2D eigenvalue weighted by atomic mass is 10.2. The van der Waals surface area contributed by atoms with E-state index in [4.69, 9.17) is 26.3 Å². The molecule has 0 saturated carbocycles. The van der Waals surface area contributed by atoms with Crippen molar-refractivity contribution in [2.75, 3.05) is 5.32 Å². The van der Waals surface area contributed by atoms with Crippen molar-refractivity contribution in [3.8, 4) is 11.8 Å². The number of rotatable bonds is 6. The van der Waals surface area contributed by atoms with E-state index in [1.165, 1.54) is 13.8 Å². The van der Waals surface area contributed by atoms with Crippen LogP contribution >= 0.6 is 11.6 Å². The number of carbonyl (C=O) groups excluding carboxylic acids is 2. The van der Waals surface area contributed by atoms with Crippen LogP contribution < -0.4 is 10.1 Å². The molecular weight excluding hydrogens is 368 g/mol. The summed E-state index contributed by atoms with van der Waals surface area (Å²) in [4.78, 5) is 24.4. The molecule has 0 spiro atoms. The van der Waals surface area contributed by atoms with Crippen molar-refractivity contribution in [1.29, 1.82) is 5.26 Å². The molecule has 7 heteroatoms. The molecule has 140 valence electrons. The number of esters is 1. The Morgan fingerprint density at radius 2 is 1.78 bits per heavy atom. The quantitative estimate of drug-likeness (QED) is 0.761. The number of amides is 1. The van der Waals surface area contributed by atoms with Gasteiger partial charge in [0.1, 0.15) is 5.75 Å². The Bertz CT molecular complexity index is 875. The number of carbonyl (C=O) groups is 2. The maximum atomic E-state index is 12.3. The van der Waals surface area contributed by atoms with Gasteiger partial charge in [0.05, 0.1) is 11.6 Å². The van der Waals surface area contributed by atoms with Gasteiger partial charge in [0, 0.05) is 10.7 Å². The number of nitrogens with zero attached hydrogens (tertiary/aromatic N) is 1. The second-order valence-corrected chi connectivity index (χ2v) is 6.28. The van der Waals surface area contributed by atoms with E-state index in [0.717, 1.165) is 5.56 Å². The fourth-order valence-corrected chi connectivity index (χ4v) is 2.34. The van der Waals surface area contributed by atoms with Gasteiger partial charge in [-0.25, -0.2) is 4.79 Å². The number of anilines is 1. The Kier molecular flexibility index (Phi) is 6.80. The molecule has 0 aromatic heterocycles. The molecule has 0 heterocycles. The average molecular weight is 387 g/mol. The lowest BCUT2D eigenvalue weighted by Gasteiger charge is -2.18. The minimum absolute atomic E-state index is 0.421. The summed E-state index contributed by atoms with van der Waals surface area (Å²) >= 11 is 6.03. The molecule has 1 N–H and O–H groups in total. The van der Waals surface area contributed by atoms with Gasteiger partial charge in [-0.15, -0.1) is 0 Å². The fourth-order valence-electron chi connectivity index (χ4n) is 2.16. The Labute approximate surface area is 162 Å². The van der Waals surface area contributed by atoms with Gasteiger partial charge >= 0.3 is 5.97 Å². The number of nitriles is 1. The van der Waals surface area contributed by atoms with Crippen LogP contribution in [0.4, 0.5) is 5.69 Å². The van der Waals surface area contributed by atoms with Crippen LogP contribution in [0.5, 0.6) is 5.75 Å². The van der Waals surface area contributed by atoms with E-state index in [1.807, 2.05) is 6.07 Å². The molecular formula is C20H19ClN2O4. The van der Waals surface area contributed by atoms with E-state index in [2.05, 4.69) is 5.32 Å². The fraction of sp³-hybridized carbons (Fsp3) is 0.250. The third-order valence-electron chi connectivity index (χ3n) is 3.82. The molecule has 0 bridgehead atoms. The molecule has 0 aliphatic heterocycles. The first kappa shape index (κ1) is 20.3. The molecule has 27 heavy (non-hydrogen) atoms. The zero-order valence-corrected chi connectivity index (χ0v) is 15.9. The molecule has 2 atom stereocenters. The van der Waals surface area contributed by atoms with Crippen LogP contribution in [0.1, 0.15) is 25.0 Å². The largest absolute Gasteiger partial charge is 0.479 e. The minimum atomic E-state index is -1.01. The van der Waals surface area contributed by atoms with Gasteiger partial charge in [-0.05, 0) is 62.7 Å². The standard InChI is InChI=1S/C20H19ClN2O4/c1-12-17(21)5-4-6-18(12)23-19(24)13(2)27-20(25)14(3)26-16-9-7-15(11-22)8-10-16/h4-10,13-14H,1-3H3,(H,23,24)/t13-,14+/m1/s1. The summed E-state index contributed by atoms with van der Waals surface area (Å²) in [7, 11) is 0. The number of ether oxygens (including phenoxy) is 2. The van der Waals surface area contributed by atoms with Gasteiger partial charge in [-0.2, -0.15) is 5.26 Å². The smallest absolute Gasteiger partial charge is 0.347 e. The highest BCUT2D eigenvalue weighted by Crippen LogP contribution is 2.23. The monoisotopic (exact) mass is 386 g/mol. The third-order valence-corrected chi connectivity index (χ3v) is 4.23. The predicted octanol–water partition coefficient (Wildman–Crippen LogP) is 3.86. The van der Waals surface area contributed by atoms with Gasteiger partial charge in [-0.3, -0.25) is 4.79 Å². The molecule has 2 rings (SSSR count). The van der Waals surface area contributed by atoms with Crippen LogP contribution in [0.3, 0.4) is 0 Å². The summed E-state index contributed by atoms with van der Waals surface area (Å²) in [5.41, 5.74) is 1.76. The van der Waals surface area contributed by atoms with Gasteiger partial charge in [0.2, 0.25) is 0 Å². The van der Waals surface area contributed by atoms with E-state index in [0.29, 0.717) is 22.0 Å². The van der Waals surface area contributed by atoms with Crippen molar-refractivity contribution < 1.29 is 19.1 Å².